The first-order valence-corrected chi connectivity index (χ1v) is 15.5. The molecule has 1 amide bonds. The molecule has 0 spiro atoms. The Balaban J connectivity index is 1.38. The van der Waals surface area contributed by atoms with Crippen LogP contribution < -0.4 is 9.47 Å². The fourth-order valence-corrected chi connectivity index (χ4v) is 7.48. The molecule has 0 unspecified atom stereocenters. The summed E-state index contributed by atoms with van der Waals surface area (Å²) in [6.45, 7) is 1.12. The molecule has 1 fully saturated rings. The molecule has 2 aliphatic rings. The smallest absolute Gasteiger partial charge is 0.243 e. The van der Waals surface area contributed by atoms with Crippen LogP contribution >= 0.6 is 22.9 Å². The van der Waals surface area contributed by atoms with Crippen molar-refractivity contribution < 1.29 is 27.4 Å². The summed E-state index contributed by atoms with van der Waals surface area (Å²) in [5.74, 6) is 1.04. The van der Waals surface area contributed by atoms with Crippen LogP contribution in [0.25, 0.3) is 0 Å². The molecule has 2 aliphatic heterocycles. The Hall–Kier alpha value is -2.63. The van der Waals surface area contributed by atoms with Gasteiger partial charge in [-0.1, -0.05) is 17.7 Å². The van der Waals surface area contributed by atoms with E-state index < -0.39 is 10.0 Å². The van der Waals surface area contributed by atoms with Crippen LogP contribution in [0.4, 0.5) is 0 Å². The van der Waals surface area contributed by atoms with Crippen molar-refractivity contribution in [3.05, 3.63) is 75.4 Å². The molecule has 11 heteroatoms. The van der Waals surface area contributed by atoms with Crippen molar-refractivity contribution in [1.82, 2.24) is 9.21 Å². The average molecular weight is 591 g/mol. The molecule has 8 nitrogen and oxygen atoms in total. The van der Waals surface area contributed by atoms with Crippen molar-refractivity contribution in [3.8, 4) is 11.5 Å². The van der Waals surface area contributed by atoms with Gasteiger partial charge in [-0.25, -0.2) is 8.42 Å². The average Bonchev–Trinajstić information content (AvgIpc) is 3.64. The van der Waals surface area contributed by atoms with Gasteiger partial charge >= 0.3 is 0 Å². The maximum atomic E-state index is 13.9. The predicted octanol–water partition coefficient (Wildman–Crippen LogP) is 4.78. The number of amides is 1. The molecule has 2 atom stereocenters. The molecule has 208 valence electrons. The van der Waals surface area contributed by atoms with Gasteiger partial charge in [0.25, 0.3) is 0 Å². The zero-order valence-corrected chi connectivity index (χ0v) is 24.0. The molecule has 0 aliphatic carbocycles. The van der Waals surface area contributed by atoms with Crippen LogP contribution in [0.1, 0.15) is 29.3 Å². The Morgan fingerprint density at radius 2 is 1.97 bits per heavy atom. The standard InChI is InChI=1S/C28H31ClN2O6S2/c1-35-21-4-2-5-22(16-21)37-19-26-25-12-15-38-27(25)11-13-31(26)28(32)18-30(17-23-6-3-14-36-23)39(33,34)24-9-7-20(29)8-10-24/h2,4-5,7-10,12,15-16,23,26H,3,6,11,13-14,17-19H2,1H3/t23-,26+/m0/s1. The number of rotatable bonds is 10. The largest absolute Gasteiger partial charge is 0.497 e. The van der Waals surface area contributed by atoms with Gasteiger partial charge in [0, 0.05) is 35.7 Å². The van der Waals surface area contributed by atoms with Crippen molar-refractivity contribution in [3.63, 3.8) is 0 Å². The van der Waals surface area contributed by atoms with Gasteiger partial charge in [-0.3, -0.25) is 4.79 Å². The molecule has 3 heterocycles. The van der Waals surface area contributed by atoms with Crippen molar-refractivity contribution in [2.75, 3.05) is 40.0 Å². The van der Waals surface area contributed by atoms with Crippen LogP contribution in [0.15, 0.2) is 64.9 Å². The Bertz CT molecular complexity index is 1390. The number of carbonyl (C=O) groups excluding carboxylic acids is 1. The van der Waals surface area contributed by atoms with Crippen LogP contribution in [-0.2, 0) is 26.0 Å². The first kappa shape index (κ1) is 27.9. The SMILES string of the molecule is COc1cccc(OC[C@@H]2c3ccsc3CCN2C(=O)CN(C[C@@H]2CCCO2)S(=O)(=O)c2ccc(Cl)cc2)c1. The monoisotopic (exact) mass is 590 g/mol. The van der Waals surface area contributed by atoms with Crippen LogP contribution in [-0.4, -0.2) is 69.6 Å². The van der Waals surface area contributed by atoms with Crippen molar-refractivity contribution in [2.45, 2.75) is 36.3 Å². The van der Waals surface area contributed by atoms with Gasteiger partial charge in [0.15, 0.2) is 0 Å². The van der Waals surface area contributed by atoms with Gasteiger partial charge in [-0.15, -0.1) is 11.3 Å². The maximum Gasteiger partial charge on any atom is 0.243 e. The number of nitrogens with zero attached hydrogens (tertiary/aromatic N) is 2. The molecule has 39 heavy (non-hydrogen) atoms. The van der Waals surface area contributed by atoms with E-state index in [1.54, 1.807) is 29.4 Å². The topological polar surface area (TPSA) is 85.4 Å². The normalized spacial score (nSPS) is 19.2. The number of ether oxygens (including phenoxy) is 3. The highest BCUT2D eigenvalue weighted by Gasteiger charge is 2.36. The van der Waals surface area contributed by atoms with Crippen molar-refractivity contribution in [2.24, 2.45) is 0 Å². The second-order valence-electron chi connectivity index (χ2n) is 9.53. The number of methoxy groups -OCH3 is 1. The highest BCUT2D eigenvalue weighted by atomic mass is 35.5. The Labute approximate surface area is 238 Å². The third-order valence-corrected chi connectivity index (χ3v) is 10.1. The number of fused-ring (bicyclic) bond motifs is 1. The fraction of sp³-hybridized carbons (Fsp3) is 0.393. The van der Waals surface area contributed by atoms with E-state index >= 15 is 0 Å². The lowest BCUT2D eigenvalue weighted by Crippen LogP contribution is -2.49. The summed E-state index contributed by atoms with van der Waals surface area (Å²) < 4.78 is 45.8. The summed E-state index contributed by atoms with van der Waals surface area (Å²) in [6, 6.07) is 15.0. The predicted molar refractivity (Wildman–Crippen MR) is 150 cm³/mol. The summed E-state index contributed by atoms with van der Waals surface area (Å²) in [5, 5.41) is 2.46. The minimum atomic E-state index is -3.97. The zero-order valence-electron chi connectivity index (χ0n) is 21.6. The Morgan fingerprint density at radius 1 is 1.18 bits per heavy atom. The fourth-order valence-electron chi connectivity index (χ4n) is 5.00. The molecule has 0 radical (unpaired) electrons. The van der Waals surface area contributed by atoms with E-state index in [-0.39, 0.29) is 42.6 Å². The van der Waals surface area contributed by atoms with E-state index in [2.05, 4.69) is 0 Å². The van der Waals surface area contributed by atoms with Gasteiger partial charge in [0.2, 0.25) is 15.9 Å². The van der Waals surface area contributed by atoms with Gasteiger partial charge < -0.3 is 19.1 Å². The molecule has 0 bridgehead atoms. The summed E-state index contributed by atoms with van der Waals surface area (Å²) in [7, 11) is -2.37. The summed E-state index contributed by atoms with van der Waals surface area (Å²) in [6.07, 6.45) is 2.07. The molecule has 1 aromatic heterocycles. The van der Waals surface area contributed by atoms with Crippen LogP contribution in [0.3, 0.4) is 0 Å². The van der Waals surface area contributed by atoms with Crippen LogP contribution in [0, 0.1) is 0 Å². The minimum Gasteiger partial charge on any atom is -0.497 e. The van der Waals surface area contributed by atoms with E-state index in [0.717, 1.165) is 18.4 Å². The van der Waals surface area contributed by atoms with E-state index in [0.29, 0.717) is 36.1 Å². The van der Waals surface area contributed by atoms with Gasteiger partial charge in [0.05, 0.1) is 30.7 Å². The lowest BCUT2D eigenvalue weighted by Gasteiger charge is -2.37. The quantitative estimate of drug-likeness (QED) is 0.338. The number of thiophene rings is 1. The molecule has 2 aromatic carbocycles. The third kappa shape index (κ3) is 6.41. The first-order valence-electron chi connectivity index (χ1n) is 12.8. The molecular formula is C28H31ClN2O6S2. The Kier molecular flexibility index (Phi) is 8.78. The van der Waals surface area contributed by atoms with E-state index in [1.807, 2.05) is 29.6 Å². The van der Waals surface area contributed by atoms with Crippen LogP contribution in [0.2, 0.25) is 5.02 Å². The maximum absolute atomic E-state index is 13.9. The Morgan fingerprint density at radius 3 is 2.72 bits per heavy atom. The van der Waals surface area contributed by atoms with E-state index in [1.165, 1.54) is 33.4 Å². The second kappa shape index (κ2) is 12.3. The van der Waals surface area contributed by atoms with Gasteiger partial charge in [0.1, 0.15) is 18.1 Å². The lowest BCUT2D eigenvalue weighted by molar-refractivity contribution is -0.135. The van der Waals surface area contributed by atoms with Crippen molar-refractivity contribution >= 4 is 38.9 Å². The molecule has 0 N–H and O–H groups in total. The lowest BCUT2D eigenvalue weighted by atomic mass is 10.0. The highest BCUT2D eigenvalue weighted by Crippen LogP contribution is 2.34. The number of hydrogen-bond donors (Lipinski definition) is 0. The molecule has 5 rings (SSSR count). The third-order valence-electron chi connectivity index (χ3n) is 7.06. The molecule has 0 saturated carbocycles. The number of benzene rings is 2. The summed E-state index contributed by atoms with van der Waals surface area (Å²) in [5.41, 5.74) is 1.04. The van der Waals surface area contributed by atoms with Gasteiger partial charge in [-0.05, 0) is 72.7 Å². The number of sulfonamides is 1. The van der Waals surface area contributed by atoms with E-state index in [4.69, 9.17) is 25.8 Å². The summed E-state index contributed by atoms with van der Waals surface area (Å²) >= 11 is 7.66. The van der Waals surface area contributed by atoms with E-state index in [9.17, 15) is 13.2 Å². The molecular weight excluding hydrogens is 560 g/mol. The van der Waals surface area contributed by atoms with Crippen molar-refractivity contribution in [1.29, 1.82) is 0 Å². The minimum absolute atomic E-state index is 0.0920. The number of halogens is 1. The molecule has 1 saturated heterocycles. The van der Waals surface area contributed by atoms with Gasteiger partial charge in [-0.2, -0.15) is 4.31 Å². The number of carbonyl (C=O) groups is 1. The number of hydrogen-bond acceptors (Lipinski definition) is 7. The first-order chi connectivity index (χ1) is 18.8. The highest BCUT2D eigenvalue weighted by molar-refractivity contribution is 7.89. The molecule has 3 aromatic rings. The summed E-state index contributed by atoms with van der Waals surface area (Å²) in [4.78, 5) is 16.9. The zero-order chi connectivity index (χ0) is 27.4. The van der Waals surface area contributed by atoms with Crippen LogP contribution in [0.5, 0.6) is 11.5 Å². The second-order valence-corrected chi connectivity index (χ2v) is 12.9.